The van der Waals surface area contributed by atoms with Crippen LogP contribution in [0.2, 0.25) is 5.02 Å². The topological polar surface area (TPSA) is 73.9 Å². The number of benzene rings is 2. The Labute approximate surface area is 209 Å². The van der Waals surface area contributed by atoms with Gasteiger partial charge in [-0.05, 0) is 42.4 Å². The van der Waals surface area contributed by atoms with Gasteiger partial charge in [-0.15, -0.1) is 0 Å². The van der Waals surface area contributed by atoms with E-state index in [0.29, 0.717) is 51.8 Å². The van der Waals surface area contributed by atoms with Crippen LogP contribution < -0.4 is 14.8 Å². The molecule has 0 bridgehead atoms. The Morgan fingerprint density at radius 3 is 2.57 bits per heavy atom. The minimum atomic E-state index is -0.655. The number of carbonyl (C=O) groups excluding carboxylic acids is 2. The highest BCUT2D eigenvalue weighted by Crippen LogP contribution is 2.49. The number of ether oxygens (including phenoxy) is 3. The number of halogens is 1. The number of rotatable bonds is 5. The molecule has 7 heteroatoms. The summed E-state index contributed by atoms with van der Waals surface area (Å²) in [7, 11) is 0. The summed E-state index contributed by atoms with van der Waals surface area (Å²) >= 11 is 6.73. The van der Waals surface area contributed by atoms with Crippen molar-refractivity contribution in [3.05, 3.63) is 81.2 Å². The van der Waals surface area contributed by atoms with Crippen molar-refractivity contribution in [1.82, 2.24) is 5.32 Å². The molecule has 2 atom stereocenters. The van der Waals surface area contributed by atoms with Crippen LogP contribution in [0, 0.1) is 5.92 Å². The average molecular weight is 494 g/mol. The Bertz CT molecular complexity index is 1250. The first-order valence-electron chi connectivity index (χ1n) is 11.9. The molecule has 0 aromatic heterocycles. The number of fused-ring (bicyclic) bond motifs is 1. The molecule has 1 N–H and O–H groups in total. The Hall–Kier alpha value is -3.25. The second kappa shape index (κ2) is 9.42. The molecule has 3 aliphatic rings. The summed E-state index contributed by atoms with van der Waals surface area (Å²) in [4.78, 5) is 27.1. The Morgan fingerprint density at radius 1 is 1.14 bits per heavy atom. The maximum atomic E-state index is 13.7. The van der Waals surface area contributed by atoms with Crippen molar-refractivity contribution in [2.45, 2.75) is 45.4 Å². The lowest BCUT2D eigenvalue weighted by molar-refractivity contribution is -0.140. The van der Waals surface area contributed by atoms with Crippen LogP contribution in [0.3, 0.4) is 0 Å². The zero-order chi connectivity index (χ0) is 24.7. The van der Waals surface area contributed by atoms with E-state index in [4.69, 9.17) is 25.8 Å². The smallest absolute Gasteiger partial charge is 0.336 e. The van der Waals surface area contributed by atoms with Gasteiger partial charge in [-0.3, -0.25) is 4.79 Å². The molecule has 6 nitrogen and oxygen atoms in total. The molecule has 35 heavy (non-hydrogen) atoms. The molecule has 0 radical (unpaired) electrons. The van der Waals surface area contributed by atoms with Gasteiger partial charge in [-0.25, -0.2) is 4.79 Å². The van der Waals surface area contributed by atoms with Crippen molar-refractivity contribution < 1.29 is 23.8 Å². The number of Topliss-reactive ketones (excluding diaryl/α,β-unsaturated/α-hetero) is 1. The Balaban J connectivity index is 1.61. The monoisotopic (exact) mass is 493 g/mol. The molecule has 1 aliphatic carbocycles. The third-order valence-electron chi connectivity index (χ3n) is 6.67. The maximum absolute atomic E-state index is 13.7. The molecule has 2 heterocycles. The van der Waals surface area contributed by atoms with Crippen molar-refractivity contribution in [3.8, 4) is 11.5 Å². The number of ketones is 1. The van der Waals surface area contributed by atoms with Gasteiger partial charge in [0.05, 0.1) is 12.2 Å². The molecular weight excluding hydrogens is 466 g/mol. The Kier molecular flexibility index (Phi) is 6.32. The molecule has 0 amide bonds. The van der Waals surface area contributed by atoms with Crippen molar-refractivity contribution in [2.24, 2.45) is 5.92 Å². The number of nitrogens with one attached hydrogen (secondary N) is 1. The van der Waals surface area contributed by atoms with Gasteiger partial charge in [0.1, 0.15) is 0 Å². The lowest BCUT2D eigenvalue weighted by Gasteiger charge is -2.37. The second-order valence-electron chi connectivity index (χ2n) is 9.65. The lowest BCUT2D eigenvalue weighted by Crippen LogP contribution is -2.36. The van der Waals surface area contributed by atoms with Crippen molar-refractivity contribution in [3.63, 3.8) is 0 Å². The summed E-state index contributed by atoms with van der Waals surface area (Å²) in [5, 5.41) is 3.79. The highest BCUT2D eigenvalue weighted by atomic mass is 35.5. The standard InChI is InChI=1S/C28H28ClNO5/c1-15(2)13-33-28(32)25-16(3)30-21-9-18(17-7-5-4-6-8-17)10-22(31)27(21)26(25)19-11-23-24(12-20(19)29)35-14-34-23/h4-8,11-12,15,18,26,30H,9-10,13-14H2,1-3H3/t18-,26-/m0/s1. The fourth-order valence-corrected chi connectivity index (χ4v) is 5.32. The van der Waals surface area contributed by atoms with Gasteiger partial charge in [0.15, 0.2) is 17.3 Å². The number of hydrogen-bond donors (Lipinski definition) is 1. The zero-order valence-electron chi connectivity index (χ0n) is 20.0. The minimum Gasteiger partial charge on any atom is -0.462 e. The molecule has 0 spiro atoms. The van der Waals surface area contributed by atoms with Crippen LogP contribution in [0.25, 0.3) is 0 Å². The minimum absolute atomic E-state index is 0.00649. The van der Waals surface area contributed by atoms with Crippen LogP contribution in [0.5, 0.6) is 11.5 Å². The van der Waals surface area contributed by atoms with Gasteiger partial charge < -0.3 is 19.5 Å². The third kappa shape index (κ3) is 4.43. The summed E-state index contributed by atoms with van der Waals surface area (Å²) in [5.74, 6) is 0.220. The zero-order valence-corrected chi connectivity index (χ0v) is 20.8. The Morgan fingerprint density at radius 2 is 1.86 bits per heavy atom. The summed E-state index contributed by atoms with van der Waals surface area (Å²) in [6, 6.07) is 13.5. The fraction of sp³-hybridized carbons (Fsp3) is 0.357. The van der Waals surface area contributed by atoms with E-state index in [1.165, 1.54) is 0 Å². The molecule has 0 saturated carbocycles. The van der Waals surface area contributed by atoms with Gasteiger partial charge in [-0.2, -0.15) is 0 Å². The SMILES string of the molecule is CC1=C(C(=O)OCC(C)C)[C@H](c2cc3c(cc2Cl)OCO3)C2=C(C[C@H](c3ccccc3)CC2=O)N1. The molecule has 2 aromatic carbocycles. The first-order chi connectivity index (χ1) is 16.8. The van der Waals surface area contributed by atoms with Crippen molar-refractivity contribution in [2.75, 3.05) is 13.4 Å². The number of allylic oxidation sites excluding steroid dienone is 3. The van der Waals surface area contributed by atoms with Crippen LogP contribution in [0.1, 0.15) is 56.6 Å². The summed E-state index contributed by atoms with van der Waals surface area (Å²) in [5.41, 5.74) is 4.21. The largest absolute Gasteiger partial charge is 0.462 e. The van der Waals surface area contributed by atoms with E-state index in [0.717, 1.165) is 11.3 Å². The van der Waals surface area contributed by atoms with Crippen LogP contribution in [0.4, 0.5) is 0 Å². The predicted molar refractivity (Wildman–Crippen MR) is 132 cm³/mol. The van der Waals surface area contributed by atoms with Crippen molar-refractivity contribution >= 4 is 23.4 Å². The third-order valence-corrected chi connectivity index (χ3v) is 7.00. The molecule has 2 aromatic rings. The maximum Gasteiger partial charge on any atom is 0.336 e. The first kappa shape index (κ1) is 23.5. The van der Waals surface area contributed by atoms with E-state index >= 15 is 0 Å². The van der Waals surface area contributed by atoms with Crippen LogP contribution >= 0.6 is 11.6 Å². The number of dihydropyridines is 1. The quantitative estimate of drug-likeness (QED) is 0.544. The lowest BCUT2D eigenvalue weighted by atomic mass is 9.71. The van der Waals surface area contributed by atoms with Crippen LogP contribution in [-0.4, -0.2) is 25.2 Å². The van der Waals surface area contributed by atoms with Crippen molar-refractivity contribution in [1.29, 1.82) is 0 Å². The van der Waals surface area contributed by atoms with Gasteiger partial charge in [0.2, 0.25) is 6.79 Å². The van der Waals surface area contributed by atoms with Crippen LogP contribution in [-0.2, 0) is 14.3 Å². The van der Waals surface area contributed by atoms with E-state index in [-0.39, 0.29) is 31.0 Å². The van der Waals surface area contributed by atoms with Gasteiger partial charge in [0, 0.05) is 40.4 Å². The molecular formula is C28H28ClNO5. The van der Waals surface area contributed by atoms with E-state index in [9.17, 15) is 9.59 Å². The van der Waals surface area contributed by atoms with Crippen LogP contribution in [0.15, 0.2) is 65.0 Å². The molecule has 182 valence electrons. The summed E-state index contributed by atoms with van der Waals surface area (Å²) in [6.45, 7) is 6.20. The fourth-order valence-electron chi connectivity index (χ4n) is 5.06. The normalized spacial score (nSPS) is 21.2. The summed E-state index contributed by atoms with van der Waals surface area (Å²) in [6.07, 6.45) is 1.02. The van der Waals surface area contributed by atoms with Gasteiger partial charge in [-0.1, -0.05) is 55.8 Å². The average Bonchev–Trinajstić information content (AvgIpc) is 3.28. The van der Waals surface area contributed by atoms with E-state index in [1.54, 1.807) is 12.1 Å². The van der Waals surface area contributed by atoms with E-state index < -0.39 is 11.9 Å². The highest BCUT2D eigenvalue weighted by Gasteiger charge is 2.42. The molecule has 0 fully saturated rings. The highest BCUT2D eigenvalue weighted by molar-refractivity contribution is 6.32. The molecule has 0 unspecified atom stereocenters. The van der Waals surface area contributed by atoms with Gasteiger partial charge in [0.25, 0.3) is 0 Å². The predicted octanol–water partition coefficient (Wildman–Crippen LogP) is 5.63. The van der Waals surface area contributed by atoms with Gasteiger partial charge >= 0.3 is 5.97 Å². The first-order valence-corrected chi connectivity index (χ1v) is 12.3. The molecule has 2 aliphatic heterocycles. The molecule has 0 saturated heterocycles. The number of esters is 1. The number of carbonyl (C=O) groups is 2. The molecule has 5 rings (SSSR count). The van der Waals surface area contributed by atoms with E-state index in [1.807, 2.05) is 39.0 Å². The number of hydrogen-bond acceptors (Lipinski definition) is 6. The second-order valence-corrected chi connectivity index (χ2v) is 10.1. The van der Waals surface area contributed by atoms with E-state index in [2.05, 4.69) is 17.4 Å². The summed E-state index contributed by atoms with van der Waals surface area (Å²) < 4.78 is 16.7.